The zero-order chi connectivity index (χ0) is 18.4. The maximum Gasteiger partial charge on any atom is 0.289 e. The fraction of sp³-hybridized carbons (Fsp3) is 0.500. The van der Waals surface area contributed by atoms with E-state index in [4.69, 9.17) is 16.3 Å². The van der Waals surface area contributed by atoms with Crippen molar-refractivity contribution in [1.29, 1.82) is 0 Å². The standard InChI is InChI=1S/C20H27ClN2O2/c1-5-6-7-8-15-9-11-16(12-10-15)14-25-17-13-22-23(20(2,3)4)19(24)18(17)21/h9-13H,5-8,14H2,1-4H3. The van der Waals surface area contributed by atoms with Crippen molar-refractivity contribution in [2.45, 2.75) is 65.5 Å². The van der Waals surface area contributed by atoms with E-state index in [1.807, 2.05) is 20.8 Å². The van der Waals surface area contributed by atoms with Gasteiger partial charge in [-0.2, -0.15) is 5.10 Å². The summed E-state index contributed by atoms with van der Waals surface area (Å²) in [5.41, 5.74) is 1.62. The molecule has 0 fully saturated rings. The second kappa shape index (κ2) is 8.52. The van der Waals surface area contributed by atoms with Gasteiger partial charge < -0.3 is 4.74 Å². The molecule has 1 aromatic heterocycles. The van der Waals surface area contributed by atoms with Gasteiger partial charge in [0.25, 0.3) is 5.56 Å². The number of nitrogens with zero attached hydrogens (tertiary/aromatic N) is 2. The number of halogens is 1. The lowest BCUT2D eigenvalue weighted by molar-refractivity contribution is 0.292. The highest BCUT2D eigenvalue weighted by molar-refractivity contribution is 6.31. The van der Waals surface area contributed by atoms with Gasteiger partial charge in [0, 0.05) is 0 Å². The Balaban J connectivity index is 2.02. The molecule has 0 N–H and O–H groups in total. The van der Waals surface area contributed by atoms with Crippen LogP contribution in [-0.2, 0) is 18.6 Å². The smallest absolute Gasteiger partial charge is 0.289 e. The number of rotatable bonds is 7. The van der Waals surface area contributed by atoms with Gasteiger partial charge in [0.15, 0.2) is 10.8 Å². The van der Waals surface area contributed by atoms with Crippen LogP contribution < -0.4 is 10.3 Å². The molecule has 0 bridgehead atoms. The zero-order valence-electron chi connectivity index (χ0n) is 15.5. The van der Waals surface area contributed by atoms with E-state index < -0.39 is 5.54 Å². The normalized spacial score (nSPS) is 11.6. The fourth-order valence-corrected chi connectivity index (χ4v) is 2.72. The SMILES string of the molecule is CCCCCc1ccc(COc2cnn(C(C)(C)C)c(=O)c2Cl)cc1. The van der Waals surface area contributed by atoms with Crippen LogP contribution in [-0.4, -0.2) is 9.78 Å². The molecule has 0 atom stereocenters. The van der Waals surface area contributed by atoms with Crippen molar-refractivity contribution in [3.05, 3.63) is 57.0 Å². The molecular formula is C20H27ClN2O2. The molecule has 2 aromatic rings. The van der Waals surface area contributed by atoms with Crippen LogP contribution in [0.1, 0.15) is 58.1 Å². The lowest BCUT2D eigenvalue weighted by Crippen LogP contribution is -2.36. The van der Waals surface area contributed by atoms with Crippen LogP contribution >= 0.6 is 11.6 Å². The maximum atomic E-state index is 12.3. The van der Waals surface area contributed by atoms with Crippen molar-refractivity contribution < 1.29 is 4.74 Å². The Kier molecular flexibility index (Phi) is 6.65. The molecule has 0 amide bonds. The van der Waals surface area contributed by atoms with Crippen molar-refractivity contribution in [3.63, 3.8) is 0 Å². The first-order valence-electron chi connectivity index (χ1n) is 8.82. The molecule has 0 aliphatic heterocycles. The molecule has 0 aliphatic carbocycles. The lowest BCUT2D eigenvalue weighted by atomic mass is 10.1. The first-order chi connectivity index (χ1) is 11.8. The summed E-state index contributed by atoms with van der Waals surface area (Å²) < 4.78 is 7.07. The maximum absolute atomic E-state index is 12.3. The van der Waals surface area contributed by atoms with E-state index in [9.17, 15) is 4.79 Å². The summed E-state index contributed by atoms with van der Waals surface area (Å²) in [6.07, 6.45) is 6.33. The largest absolute Gasteiger partial charge is 0.485 e. The molecule has 0 saturated heterocycles. The summed E-state index contributed by atoms with van der Waals surface area (Å²) >= 11 is 6.17. The summed E-state index contributed by atoms with van der Waals surface area (Å²) in [7, 11) is 0. The van der Waals surface area contributed by atoms with E-state index in [-0.39, 0.29) is 10.6 Å². The summed E-state index contributed by atoms with van der Waals surface area (Å²) in [5.74, 6) is 0.319. The second-order valence-electron chi connectivity index (χ2n) is 7.27. The van der Waals surface area contributed by atoms with Gasteiger partial charge in [0.2, 0.25) is 0 Å². The van der Waals surface area contributed by atoms with Gasteiger partial charge in [-0.15, -0.1) is 0 Å². The van der Waals surface area contributed by atoms with Crippen molar-refractivity contribution in [1.82, 2.24) is 9.78 Å². The number of hydrogen-bond acceptors (Lipinski definition) is 3. The summed E-state index contributed by atoms with van der Waals surface area (Å²) in [4.78, 5) is 12.3. The fourth-order valence-electron chi connectivity index (χ4n) is 2.54. The van der Waals surface area contributed by atoms with E-state index >= 15 is 0 Å². The minimum atomic E-state index is -0.424. The molecule has 0 radical (unpaired) electrons. The first kappa shape index (κ1) is 19.5. The number of ether oxygens (including phenoxy) is 1. The van der Waals surface area contributed by atoms with E-state index in [0.29, 0.717) is 12.4 Å². The molecule has 0 saturated carbocycles. The molecule has 0 aliphatic rings. The molecule has 2 rings (SSSR count). The van der Waals surface area contributed by atoms with Crippen molar-refractivity contribution in [2.75, 3.05) is 0 Å². The molecular weight excluding hydrogens is 336 g/mol. The highest BCUT2D eigenvalue weighted by Gasteiger charge is 2.19. The molecule has 0 unspecified atom stereocenters. The Bertz CT molecular complexity index is 746. The van der Waals surface area contributed by atoms with Crippen molar-refractivity contribution in [2.24, 2.45) is 0 Å². The van der Waals surface area contributed by atoms with Gasteiger partial charge >= 0.3 is 0 Å². The topological polar surface area (TPSA) is 44.1 Å². The van der Waals surface area contributed by atoms with Gasteiger partial charge in [0.1, 0.15) is 6.61 Å². The average Bonchev–Trinajstić information content (AvgIpc) is 2.56. The van der Waals surface area contributed by atoms with E-state index in [1.54, 1.807) is 0 Å². The Morgan fingerprint density at radius 1 is 1.12 bits per heavy atom. The number of hydrogen-bond donors (Lipinski definition) is 0. The molecule has 1 heterocycles. The first-order valence-corrected chi connectivity index (χ1v) is 9.19. The lowest BCUT2D eigenvalue weighted by Gasteiger charge is -2.21. The van der Waals surface area contributed by atoms with E-state index in [0.717, 1.165) is 12.0 Å². The van der Waals surface area contributed by atoms with Crippen LogP contribution in [0.25, 0.3) is 0 Å². The summed E-state index contributed by atoms with van der Waals surface area (Å²) in [6.45, 7) is 8.27. The average molecular weight is 363 g/mol. The number of aryl methyl sites for hydroxylation is 1. The molecule has 136 valence electrons. The highest BCUT2D eigenvalue weighted by Crippen LogP contribution is 2.22. The van der Waals surface area contributed by atoms with E-state index in [2.05, 4.69) is 36.3 Å². The number of unbranched alkanes of at least 4 members (excludes halogenated alkanes) is 2. The van der Waals surface area contributed by atoms with Gasteiger partial charge in [-0.25, -0.2) is 4.68 Å². The number of benzene rings is 1. The minimum Gasteiger partial charge on any atom is -0.485 e. The van der Waals surface area contributed by atoms with Crippen LogP contribution in [0.2, 0.25) is 5.02 Å². The summed E-state index contributed by atoms with van der Waals surface area (Å²) in [6, 6.07) is 8.37. The molecule has 0 spiro atoms. The number of aromatic nitrogens is 2. The van der Waals surface area contributed by atoms with E-state index in [1.165, 1.54) is 35.7 Å². The third-order valence-electron chi connectivity index (χ3n) is 4.01. The predicted octanol–water partition coefficient (Wildman–Crippen LogP) is 4.96. The van der Waals surface area contributed by atoms with Gasteiger partial charge in [-0.3, -0.25) is 4.79 Å². The third-order valence-corrected chi connectivity index (χ3v) is 4.36. The van der Waals surface area contributed by atoms with Crippen LogP contribution in [0.4, 0.5) is 0 Å². The zero-order valence-corrected chi connectivity index (χ0v) is 16.3. The van der Waals surface area contributed by atoms with Crippen molar-refractivity contribution in [3.8, 4) is 5.75 Å². The van der Waals surface area contributed by atoms with Crippen molar-refractivity contribution >= 4 is 11.6 Å². The Hall–Kier alpha value is -1.81. The third kappa shape index (κ3) is 5.33. The Morgan fingerprint density at radius 2 is 1.76 bits per heavy atom. The predicted molar refractivity (Wildman–Crippen MR) is 103 cm³/mol. The minimum absolute atomic E-state index is 0.0705. The van der Waals surface area contributed by atoms with Gasteiger partial charge in [-0.1, -0.05) is 55.6 Å². The van der Waals surface area contributed by atoms with Gasteiger partial charge in [-0.05, 0) is 44.7 Å². The van der Waals surface area contributed by atoms with Crippen LogP contribution in [0.3, 0.4) is 0 Å². The molecule has 4 nitrogen and oxygen atoms in total. The molecule has 5 heteroatoms. The monoisotopic (exact) mass is 362 g/mol. The van der Waals surface area contributed by atoms with Crippen LogP contribution in [0, 0.1) is 0 Å². The second-order valence-corrected chi connectivity index (χ2v) is 7.65. The molecule has 1 aromatic carbocycles. The highest BCUT2D eigenvalue weighted by atomic mass is 35.5. The van der Waals surface area contributed by atoms with Crippen LogP contribution in [0.15, 0.2) is 35.3 Å². The quantitative estimate of drug-likeness (QED) is 0.653. The van der Waals surface area contributed by atoms with Gasteiger partial charge in [0.05, 0.1) is 11.7 Å². The molecule has 25 heavy (non-hydrogen) atoms. The Morgan fingerprint density at radius 3 is 2.36 bits per heavy atom. The summed E-state index contributed by atoms with van der Waals surface area (Å²) in [5, 5.41) is 4.24. The Labute approximate surface area is 154 Å². The van der Waals surface area contributed by atoms with Crippen LogP contribution in [0.5, 0.6) is 5.75 Å².